The third kappa shape index (κ3) is 5.43. The van der Waals surface area contributed by atoms with E-state index < -0.39 is 0 Å². The van der Waals surface area contributed by atoms with Crippen molar-refractivity contribution in [3.05, 3.63) is 94.3 Å². The Kier molecular flexibility index (Phi) is 6.93. The second-order valence-corrected chi connectivity index (χ2v) is 9.31. The lowest BCUT2D eigenvalue weighted by Crippen LogP contribution is -2.10. The van der Waals surface area contributed by atoms with Crippen LogP contribution in [-0.2, 0) is 12.0 Å². The number of ether oxygens (including phenoxy) is 2. The fraction of sp³-hybridized carbons (Fsp3) is 0.222. The Morgan fingerprint density at radius 1 is 1.00 bits per heavy atom. The molecule has 3 aromatic carbocycles. The standard InChI is InChI=1S/C27H28N4O2S/c1-27(2,3)22-13-11-21(12-14-22)25-29-30-26(34)31(25)28-17-20-10-15-23(24(16-20)32-4)33-18-19-8-6-5-7-9-19/h5-17H,18H2,1-4H3,(H,30,34)/b28-17+. The van der Waals surface area contributed by atoms with Crippen molar-refractivity contribution in [1.29, 1.82) is 0 Å². The van der Waals surface area contributed by atoms with E-state index in [-0.39, 0.29) is 5.41 Å². The predicted octanol–water partition coefficient (Wildman–Crippen LogP) is 6.37. The van der Waals surface area contributed by atoms with Crippen molar-refractivity contribution >= 4 is 18.4 Å². The quantitative estimate of drug-likeness (QED) is 0.251. The summed E-state index contributed by atoms with van der Waals surface area (Å²) in [5.41, 5.74) is 4.20. The van der Waals surface area contributed by atoms with Crippen molar-refractivity contribution in [2.45, 2.75) is 32.8 Å². The number of aromatic nitrogens is 3. The summed E-state index contributed by atoms with van der Waals surface area (Å²) in [4.78, 5) is 0. The maximum atomic E-state index is 5.94. The monoisotopic (exact) mass is 472 g/mol. The number of rotatable bonds is 7. The fourth-order valence-electron chi connectivity index (χ4n) is 3.45. The van der Waals surface area contributed by atoms with Crippen molar-refractivity contribution < 1.29 is 9.47 Å². The maximum Gasteiger partial charge on any atom is 0.216 e. The van der Waals surface area contributed by atoms with E-state index in [9.17, 15) is 0 Å². The minimum Gasteiger partial charge on any atom is -0.493 e. The first kappa shape index (κ1) is 23.4. The van der Waals surface area contributed by atoms with Crippen molar-refractivity contribution in [3.8, 4) is 22.9 Å². The molecule has 1 aromatic heterocycles. The zero-order chi connectivity index (χ0) is 24.1. The normalized spacial score (nSPS) is 11.6. The van der Waals surface area contributed by atoms with Gasteiger partial charge in [-0.3, -0.25) is 0 Å². The Bertz CT molecular complexity index is 1330. The van der Waals surface area contributed by atoms with Crippen LogP contribution in [0.2, 0.25) is 0 Å². The molecular weight excluding hydrogens is 444 g/mol. The molecular formula is C27H28N4O2S. The summed E-state index contributed by atoms with van der Waals surface area (Å²) in [5.74, 6) is 1.95. The summed E-state index contributed by atoms with van der Waals surface area (Å²) in [5, 5.41) is 11.8. The van der Waals surface area contributed by atoms with Crippen LogP contribution in [-0.4, -0.2) is 28.2 Å². The SMILES string of the molecule is COc1cc(/C=N/n2c(-c3ccc(C(C)(C)C)cc3)n[nH]c2=S)ccc1OCc1ccccc1. The van der Waals surface area contributed by atoms with Gasteiger partial charge in [0, 0.05) is 5.56 Å². The molecule has 0 amide bonds. The molecule has 1 heterocycles. The van der Waals surface area contributed by atoms with Crippen molar-refractivity contribution in [2.24, 2.45) is 5.10 Å². The lowest BCUT2D eigenvalue weighted by Gasteiger charge is -2.18. The average Bonchev–Trinajstić information content (AvgIpc) is 3.22. The van der Waals surface area contributed by atoms with E-state index in [0.717, 1.165) is 16.7 Å². The molecule has 34 heavy (non-hydrogen) atoms. The minimum absolute atomic E-state index is 0.0808. The van der Waals surface area contributed by atoms with Gasteiger partial charge in [-0.1, -0.05) is 75.4 Å². The first-order valence-electron chi connectivity index (χ1n) is 11.0. The number of benzene rings is 3. The molecule has 0 spiro atoms. The van der Waals surface area contributed by atoms with Gasteiger partial charge in [0.15, 0.2) is 17.3 Å². The van der Waals surface area contributed by atoms with Crippen LogP contribution < -0.4 is 9.47 Å². The number of nitrogens with zero attached hydrogens (tertiary/aromatic N) is 3. The van der Waals surface area contributed by atoms with Gasteiger partial charge in [0.2, 0.25) is 4.77 Å². The highest BCUT2D eigenvalue weighted by Gasteiger charge is 2.15. The highest BCUT2D eigenvalue weighted by Crippen LogP contribution is 2.29. The molecule has 7 heteroatoms. The molecule has 4 rings (SSSR count). The largest absolute Gasteiger partial charge is 0.493 e. The smallest absolute Gasteiger partial charge is 0.216 e. The summed E-state index contributed by atoms with van der Waals surface area (Å²) in [6, 6.07) is 24.0. The molecule has 0 saturated heterocycles. The molecule has 0 aliphatic heterocycles. The molecule has 0 saturated carbocycles. The number of nitrogens with one attached hydrogen (secondary N) is 1. The molecule has 0 aliphatic carbocycles. The van der Waals surface area contributed by atoms with Crippen LogP contribution in [0.3, 0.4) is 0 Å². The number of aromatic amines is 1. The summed E-state index contributed by atoms with van der Waals surface area (Å²) >= 11 is 5.41. The summed E-state index contributed by atoms with van der Waals surface area (Å²) in [6.07, 6.45) is 1.72. The predicted molar refractivity (Wildman–Crippen MR) is 138 cm³/mol. The molecule has 4 aromatic rings. The molecule has 0 aliphatic rings. The van der Waals surface area contributed by atoms with Crippen LogP contribution >= 0.6 is 12.2 Å². The van der Waals surface area contributed by atoms with Crippen molar-refractivity contribution in [1.82, 2.24) is 14.9 Å². The molecule has 174 valence electrons. The van der Waals surface area contributed by atoms with Gasteiger partial charge in [-0.05, 0) is 52.5 Å². The summed E-state index contributed by atoms with van der Waals surface area (Å²) < 4.78 is 13.5. The van der Waals surface area contributed by atoms with Gasteiger partial charge >= 0.3 is 0 Å². The number of methoxy groups -OCH3 is 1. The second-order valence-electron chi connectivity index (χ2n) is 8.92. The van der Waals surface area contributed by atoms with Gasteiger partial charge in [-0.25, -0.2) is 5.10 Å². The van der Waals surface area contributed by atoms with Gasteiger partial charge in [-0.2, -0.15) is 14.9 Å². The Labute approximate surface area is 204 Å². The topological polar surface area (TPSA) is 64.4 Å². The van der Waals surface area contributed by atoms with Gasteiger partial charge < -0.3 is 9.47 Å². The number of H-pyrrole nitrogens is 1. The van der Waals surface area contributed by atoms with Crippen LogP contribution in [0.1, 0.15) is 37.5 Å². The maximum absolute atomic E-state index is 5.94. The Hall–Kier alpha value is -3.71. The Balaban J connectivity index is 1.55. The van der Waals surface area contributed by atoms with E-state index in [1.54, 1.807) is 18.0 Å². The van der Waals surface area contributed by atoms with Crippen LogP contribution in [0, 0.1) is 4.77 Å². The van der Waals surface area contributed by atoms with Crippen molar-refractivity contribution in [2.75, 3.05) is 7.11 Å². The highest BCUT2D eigenvalue weighted by molar-refractivity contribution is 7.71. The Morgan fingerprint density at radius 3 is 2.41 bits per heavy atom. The first-order chi connectivity index (χ1) is 16.3. The molecule has 6 nitrogen and oxygen atoms in total. The molecule has 0 atom stereocenters. The van der Waals surface area contributed by atoms with Gasteiger partial charge in [0.1, 0.15) is 6.61 Å². The summed E-state index contributed by atoms with van der Waals surface area (Å²) in [6.45, 7) is 7.03. The van der Waals surface area contributed by atoms with Crippen LogP contribution in [0.25, 0.3) is 11.4 Å². The zero-order valence-corrected chi connectivity index (χ0v) is 20.6. The van der Waals surface area contributed by atoms with E-state index in [2.05, 4.69) is 48.2 Å². The Morgan fingerprint density at radius 2 is 1.74 bits per heavy atom. The lowest BCUT2D eigenvalue weighted by molar-refractivity contribution is 0.284. The lowest BCUT2D eigenvalue weighted by atomic mass is 9.87. The minimum atomic E-state index is 0.0808. The van der Waals surface area contributed by atoms with E-state index in [4.69, 9.17) is 21.7 Å². The highest BCUT2D eigenvalue weighted by atomic mass is 32.1. The van der Waals surface area contributed by atoms with Crippen molar-refractivity contribution in [3.63, 3.8) is 0 Å². The van der Waals surface area contributed by atoms with Crippen LogP contribution in [0.5, 0.6) is 11.5 Å². The third-order valence-electron chi connectivity index (χ3n) is 5.41. The first-order valence-corrected chi connectivity index (χ1v) is 11.4. The van der Waals surface area contributed by atoms with Crippen LogP contribution in [0.4, 0.5) is 0 Å². The number of hydrogen-bond acceptors (Lipinski definition) is 5. The average molecular weight is 473 g/mol. The van der Waals surface area contributed by atoms with Gasteiger partial charge in [-0.15, -0.1) is 0 Å². The molecule has 0 fully saturated rings. The summed E-state index contributed by atoms with van der Waals surface area (Å²) in [7, 11) is 1.62. The second kappa shape index (κ2) is 10.1. The molecule has 0 unspecified atom stereocenters. The van der Waals surface area contributed by atoms with E-state index in [1.807, 2.05) is 60.7 Å². The van der Waals surface area contributed by atoms with Crippen LogP contribution in [0.15, 0.2) is 77.9 Å². The van der Waals surface area contributed by atoms with E-state index in [1.165, 1.54) is 5.56 Å². The van der Waals surface area contributed by atoms with E-state index in [0.29, 0.717) is 28.7 Å². The zero-order valence-electron chi connectivity index (χ0n) is 19.8. The van der Waals surface area contributed by atoms with Gasteiger partial charge in [0.25, 0.3) is 0 Å². The molecule has 0 radical (unpaired) electrons. The van der Waals surface area contributed by atoms with Gasteiger partial charge in [0.05, 0.1) is 13.3 Å². The molecule has 1 N–H and O–H groups in total. The number of hydrogen-bond donors (Lipinski definition) is 1. The third-order valence-corrected chi connectivity index (χ3v) is 5.67. The fourth-order valence-corrected chi connectivity index (χ4v) is 3.63. The molecule has 0 bridgehead atoms. The van der Waals surface area contributed by atoms with E-state index >= 15 is 0 Å².